The van der Waals surface area contributed by atoms with Gasteiger partial charge in [-0.05, 0) is 63.1 Å². The Morgan fingerprint density at radius 2 is 1.60 bits per heavy atom. The van der Waals surface area contributed by atoms with E-state index in [1.54, 1.807) is 35.2 Å². The van der Waals surface area contributed by atoms with Crippen LogP contribution >= 0.6 is 0 Å². The van der Waals surface area contributed by atoms with E-state index in [1.165, 1.54) is 16.4 Å². The summed E-state index contributed by atoms with van der Waals surface area (Å²) < 4.78 is 38.6. The summed E-state index contributed by atoms with van der Waals surface area (Å²) in [6, 6.07) is 11.5. The van der Waals surface area contributed by atoms with E-state index in [2.05, 4.69) is 5.32 Å². The maximum Gasteiger partial charge on any atom is 0.253 e. The zero-order valence-electron chi connectivity index (χ0n) is 20.0. The fourth-order valence-corrected chi connectivity index (χ4v) is 5.81. The summed E-state index contributed by atoms with van der Waals surface area (Å²) in [7, 11) is -3.70. The van der Waals surface area contributed by atoms with Gasteiger partial charge in [0.05, 0.1) is 4.90 Å². The third kappa shape index (κ3) is 5.43. The summed E-state index contributed by atoms with van der Waals surface area (Å²) in [6.07, 6.45) is 0.849. The van der Waals surface area contributed by atoms with Crippen LogP contribution < -0.4 is 14.8 Å². The van der Waals surface area contributed by atoms with Crippen molar-refractivity contribution in [1.29, 1.82) is 0 Å². The molecule has 2 aliphatic rings. The molecule has 0 spiro atoms. The van der Waals surface area contributed by atoms with Gasteiger partial charge in [-0.2, -0.15) is 4.31 Å². The molecule has 0 saturated carbocycles. The molecule has 2 aromatic rings. The molecule has 0 aliphatic carbocycles. The molecule has 1 N–H and O–H groups in total. The van der Waals surface area contributed by atoms with Crippen LogP contribution in [0, 0.1) is 5.92 Å². The monoisotopic (exact) mass is 501 g/mol. The third-order valence-electron chi connectivity index (χ3n) is 6.43. The molecule has 188 valence electrons. The second kappa shape index (κ2) is 10.7. The van der Waals surface area contributed by atoms with E-state index in [0.29, 0.717) is 61.9 Å². The van der Waals surface area contributed by atoms with Crippen molar-refractivity contribution in [2.45, 2.75) is 31.6 Å². The molecule has 2 aromatic carbocycles. The Kier molecular flexibility index (Phi) is 7.61. The minimum atomic E-state index is -3.70. The molecule has 9 nitrogen and oxygen atoms in total. The van der Waals surface area contributed by atoms with Crippen LogP contribution in [0.1, 0.15) is 37.0 Å². The number of fused-ring (bicyclic) bond motifs is 1. The van der Waals surface area contributed by atoms with Gasteiger partial charge < -0.3 is 19.7 Å². The number of ether oxygens (including phenoxy) is 2. The fourth-order valence-electron chi connectivity index (χ4n) is 4.33. The average Bonchev–Trinajstić information content (AvgIpc) is 2.89. The van der Waals surface area contributed by atoms with Gasteiger partial charge in [-0.25, -0.2) is 8.42 Å². The van der Waals surface area contributed by atoms with Crippen molar-refractivity contribution < 1.29 is 27.5 Å². The zero-order chi connectivity index (χ0) is 25.0. The largest absolute Gasteiger partial charge is 0.486 e. The predicted molar refractivity (Wildman–Crippen MR) is 131 cm³/mol. The number of amides is 2. The first-order chi connectivity index (χ1) is 16.8. The summed E-state index contributed by atoms with van der Waals surface area (Å²) in [5, 5.41) is 2.89. The maximum absolute atomic E-state index is 13.1. The van der Waals surface area contributed by atoms with Crippen molar-refractivity contribution >= 4 is 27.5 Å². The normalized spacial score (nSPS) is 16.5. The summed E-state index contributed by atoms with van der Waals surface area (Å²) in [4.78, 5) is 27.1. The number of piperidine rings is 1. The minimum Gasteiger partial charge on any atom is -0.486 e. The van der Waals surface area contributed by atoms with Crippen LogP contribution in [0.25, 0.3) is 0 Å². The highest BCUT2D eigenvalue weighted by Crippen LogP contribution is 2.34. The molecule has 1 saturated heterocycles. The molecule has 35 heavy (non-hydrogen) atoms. The van der Waals surface area contributed by atoms with E-state index < -0.39 is 10.0 Å². The van der Waals surface area contributed by atoms with Crippen LogP contribution in [-0.4, -0.2) is 68.8 Å². The Labute approximate surface area is 206 Å². The van der Waals surface area contributed by atoms with Crippen LogP contribution in [0.2, 0.25) is 0 Å². The SMILES string of the molecule is CCN(CC)C(=O)c1ccc(NC(=O)C2CCN(S(=O)(=O)c3ccc4c(c3)OCCO4)CC2)cc1. The number of carbonyl (C=O) groups is 2. The summed E-state index contributed by atoms with van der Waals surface area (Å²) in [5.74, 6) is 0.481. The van der Waals surface area contributed by atoms with E-state index >= 15 is 0 Å². The van der Waals surface area contributed by atoms with Crippen molar-refractivity contribution in [1.82, 2.24) is 9.21 Å². The van der Waals surface area contributed by atoms with Crippen LogP contribution in [0.3, 0.4) is 0 Å². The molecule has 10 heteroatoms. The highest BCUT2D eigenvalue weighted by molar-refractivity contribution is 7.89. The van der Waals surface area contributed by atoms with Crippen molar-refractivity contribution in [2.24, 2.45) is 5.92 Å². The highest BCUT2D eigenvalue weighted by Gasteiger charge is 2.33. The number of hydrogen-bond acceptors (Lipinski definition) is 6. The molecule has 0 aromatic heterocycles. The van der Waals surface area contributed by atoms with Crippen LogP contribution in [0.5, 0.6) is 11.5 Å². The van der Waals surface area contributed by atoms with Gasteiger partial charge in [0.15, 0.2) is 11.5 Å². The Bertz CT molecular complexity index is 1170. The Morgan fingerprint density at radius 1 is 0.971 bits per heavy atom. The second-order valence-corrected chi connectivity index (χ2v) is 10.5. The van der Waals surface area contributed by atoms with E-state index in [4.69, 9.17) is 9.47 Å². The van der Waals surface area contributed by atoms with Crippen LogP contribution in [-0.2, 0) is 14.8 Å². The average molecular weight is 502 g/mol. The van der Waals surface area contributed by atoms with E-state index in [1.807, 2.05) is 13.8 Å². The van der Waals surface area contributed by atoms with Crippen molar-refractivity contribution in [2.75, 3.05) is 44.7 Å². The topological polar surface area (TPSA) is 105 Å². The lowest BCUT2D eigenvalue weighted by molar-refractivity contribution is -0.120. The van der Waals surface area contributed by atoms with Gasteiger partial charge in [0.2, 0.25) is 15.9 Å². The molecule has 0 bridgehead atoms. The molecular formula is C25H31N3O6S. The predicted octanol–water partition coefficient (Wildman–Crippen LogP) is 2.98. The maximum atomic E-state index is 13.1. The molecule has 0 atom stereocenters. The molecular weight excluding hydrogens is 470 g/mol. The molecule has 2 amide bonds. The number of carbonyl (C=O) groups excluding carboxylic acids is 2. The van der Waals surface area contributed by atoms with Gasteiger partial charge in [-0.3, -0.25) is 9.59 Å². The van der Waals surface area contributed by atoms with E-state index in [0.717, 1.165) is 0 Å². The number of nitrogens with one attached hydrogen (secondary N) is 1. The van der Waals surface area contributed by atoms with Crippen molar-refractivity contribution in [3.8, 4) is 11.5 Å². The lowest BCUT2D eigenvalue weighted by Gasteiger charge is -2.31. The fraction of sp³-hybridized carbons (Fsp3) is 0.440. The van der Waals surface area contributed by atoms with Gasteiger partial charge in [0, 0.05) is 49.4 Å². The van der Waals surface area contributed by atoms with Crippen molar-refractivity contribution in [3.05, 3.63) is 48.0 Å². The van der Waals surface area contributed by atoms with Crippen LogP contribution in [0.15, 0.2) is 47.4 Å². The summed E-state index contributed by atoms with van der Waals surface area (Å²) in [6.45, 7) is 6.47. The quantitative estimate of drug-likeness (QED) is 0.625. The molecule has 0 unspecified atom stereocenters. The van der Waals surface area contributed by atoms with E-state index in [-0.39, 0.29) is 35.7 Å². The van der Waals surface area contributed by atoms with Gasteiger partial charge in [0.1, 0.15) is 13.2 Å². The molecule has 2 aliphatic heterocycles. The first-order valence-corrected chi connectivity index (χ1v) is 13.4. The van der Waals surface area contributed by atoms with Gasteiger partial charge >= 0.3 is 0 Å². The molecule has 2 heterocycles. The summed E-state index contributed by atoms with van der Waals surface area (Å²) in [5.41, 5.74) is 1.18. The molecule has 0 radical (unpaired) electrons. The van der Waals surface area contributed by atoms with Gasteiger partial charge in [-0.1, -0.05) is 0 Å². The molecule has 1 fully saturated rings. The minimum absolute atomic E-state index is 0.0422. The number of hydrogen-bond donors (Lipinski definition) is 1. The Hall–Kier alpha value is -3.11. The Morgan fingerprint density at radius 3 is 2.23 bits per heavy atom. The standard InChI is InChI=1S/C25H31N3O6S/c1-3-27(4-2)25(30)19-5-7-20(8-6-19)26-24(29)18-11-13-28(14-12-18)35(31,32)21-9-10-22-23(17-21)34-16-15-33-22/h5-10,17-18H,3-4,11-16H2,1-2H3,(H,26,29). The van der Waals surface area contributed by atoms with Gasteiger partial charge in [0.25, 0.3) is 5.91 Å². The zero-order valence-corrected chi connectivity index (χ0v) is 20.8. The third-order valence-corrected chi connectivity index (χ3v) is 8.32. The lowest BCUT2D eigenvalue weighted by Crippen LogP contribution is -2.41. The number of anilines is 1. The number of nitrogens with zero attached hydrogens (tertiary/aromatic N) is 2. The smallest absolute Gasteiger partial charge is 0.253 e. The van der Waals surface area contributed by atoms with E-state index in [9.17, 15) is 18.0 Å². The van der Waals surface area contributed by atoms with Crippen LogP contribution in [0.4, 0.5) is 5.69 Å². The molecule has 4 rings (SSSR count). The second-order valence-electron chi connectivity index (χ2n) is 8.53. The summed E-state index contributed by atoms with van der Waals surface area (Å²) >= 11 is 0. The lowest BCUT2D eigenvalue weighted by atomic mass is 9.97. The first-order valence-electron chi connectivity index (χ1n) is 11.9. The Balaban J connectivity index is 1.34. The van der Waals surface area contributed by atoms with Gasteiger partial charge in [-0.15, -0.1) is 0 Å². The first kappa shape index (κ1) is 25.0. The highest BCUT2D eigenvalue weighted by atomic mass is 32.2. The van der Waals surface area contributed by atoms with Crippen molar-refractivity contribution in [3.63, 3.8) is 0 Å². The number of rotatable bonds is 7. The number of benzene rings is 2. The number of sulfonamides is 1.